The third kappa shape index (κ3) is 4.23. The normalized spacial score (nSPS) is 20.2. The Morgan fingerprint density at radius 3 is 1.90 bits per heavy atom. The number of hydrogen-bond donors (Lipinski definition) is 1. The van der Waals surface area contributed by atoms with Gasteiger partial charge in [0.2, 0.25) is 0 Å². The van der Waals surface area contributed by atoms with Crippen LogP contribution in [0.4, 0.5) is 13.2 Å². The number of alkyl halides is 3. The highest BCUT2D eigenvalue weighted by atomic mass is 19.4. The fourth-order valence-electron chi connectivity index (χ4n) is 3.00. The quantitative estimate of drug-likeness (QED) is 0.838. The summed E-state index contributed by atoms with van der Waals surface area (Å²) < 4.78 is 37.6. The molecule has 0 unspecified atom stereocenters. The summed E-state index contributed by atoms with van der Waals surface area (Å²) in [5.41, 5.74) is 6.52. The lowest BCUT2D eigenvalue weighted by molar-refractivity contribution is -0.137. The van der Waals surface area contributed by atoms with Crippen molar-refractivity contribution in [3.8, 4) is 0 Å². The molecule has 4 heteroatoms. The molecule has 112 valence electrons. The van der Waals surface area contributed by atoms with Gasteiger partial charge >= 0.3 is 6.18 Å². The van der Waals surface area contributed by atoms with Crippen LogP contribution in [0.5, 0.6) is 0 Å². The Morgan fingerprint density at radius 2 is 1.40 bits per heavy atom. The molecule has 1 nitrogen and oxygen atoms in total. The molecule has 2 rings (SSSR count). The van der Waals surface area contributed by atoms with E-state index in [0.717, 1.165) is 43.4 Å². The number of halogens is 3. The van der Waals surface area contributed by atoms with E-state index < -0.39 is 11.7 Å². The average molecular weight is 285 g/mol. The lowest BCUT2D eigenvalue weighted by Crippen LogP contribution is -2.42. The lowest BCUT2D eigenvalue weighted by Gasteiger charge is -2.31. The fraction of sp³-hybridized carbons (Fsp3) is 0.625. The average Bonchev–Trinajstić information content (AvgIpc) is 2.34. The van der Waals surface area contributed by atoms with Gasteiger partial charge in [-0.2, -0.15) is 13.2 Å². The summed E-state index contributed by atoms with van der Waals surface area (Å²) in [6.45, 7) is 0. The molecule has 1 aliphatic rings. The van der Waals surface area contributed by atoms with Crippen molar-refractivity contribution in [2.45, 2.75) is 63.1 Å². The molecule has 2 N–H and O–H groups in total. The van der Waals surface area contributed by atoms with Crippen LogP contribution in [-0.4, -0.2) is 5.54 Å². The number of rotatable bonds is 2. The van der Waals surface area contributed by atoms with Crippen molar-refractivity contribution >= 4 is 0 Å². The number of benzene rings is 1. The van der Waals surface area contributed by atoms with Crippen LogP contribution in [0, 0.1) is 0 Å². The van der Waals surface area contributed by atoms with Crippen molar-refractivity contribution in [3.63, 3.8) is 0 Å². The van der Waals surface area contributed by atoms with Crippen molar-refractivity contribution in [2.75, 3.05) is 0 Å². The maximum Gasteiger partial charge on any atom is 0.416 e. The Hall–Kier alpha value is -1.03. The van der Waals surface area contributed by atoms with Crippen LogP contribution in [0.2, 0.25) is 0 Å². The van der Waals surface area contributed by atoms with E-state index in [-0.39, 0.29) is 5.54 Å². The van der Waals surface area contributed by atoms with Gasteiger partial charge in [0.15, 0.2) is 0 Å². The Morgan fingerprint density at radius 1 is 0.900 bits per heavy atom. The highest BCUT2D eigenvalue weighted by Crippen LogP contribution is 2.31. The molecule has 0 spiro atoms. The van der Waals surface area contributed by atoms with Crippen molar-refractivity contribution in [1.29, 1.82) is 0 Å². The molecular weight excluding hydrogens is 263 g/mol. The Kier molecular flexibility index (Phi) is 4.74. The van der Waals surface area contributed by atoms with Gasteiger partial charge in [0, 0.05) is 5.54 Å². The third-order valence-corrected chi connectivity index (χ3v) is 4.19. The molecule has 0 radical (unpaired) electrons. The van der Waals surface area contributed by atoms with Crippen molar-refractivity contribution in [3.05, 3.63) is 35.4 Å². The molecule has 1 saturated carbocycles. The molecule has 20 heavy (non-hydrogen) atoms. The molecule has 0 heterocycles. The molecule has 0 bridgehead atoms. The van der Waals surface area contributed by atoms with Crippen LogP contribution in [0.3, 0.4) is 0 Å². The van der Waals surface area contributed by atoms with E-state index in [0.29, 0.717) is 6.42 Å². The van der Waals surface area contributed by atoms with Crippen LogP contribution in [0.15, 0.2) is 24.3 Å². The summed E-state index contributed by atoms with van der Waals surface area (Å²) in [7, 11) is 0. The Bertz CT molecular complexity index is 414. The summed E-state index contributed by atoms with van der Waals surface area (Å²) in [5.74, 6) is 0. The van der Waals surface area contributed by atoms with E-state index in [1.54, 1.807) is 12.1 Å². The predicted molar refractivity (Wildman–Crippen MR) is 74.4 cm³/mol. The monoisotopic (exact) mass is 285 g/mol. The number of nitrogens with two attached hydrogens (primary N) is 1. The molecule has 1 fully saturated rings. The number of hydrogen-bond acceptors (Lipinski definition) is 1. The van der Waals surface area contributed by atoms with Gasteiger partial charge in [-0.05, 0) is 37.0 Å². The van der Waals surface area contributed by atoms with Crippen LogP contribution in [-0.2, 0) is 12.6 Å². The molecule has 1 aliphatic carbocycles. The highest BCUT2D eigenvalue weighted by molar-refractivity contribution is 5.26. The van der Waals surface area contributed by atoms with Gasteiger partial charge in [-0.15, -0.1) is 0 Å². The molecule has 1 aromatic rings. The second kappa shape index (κ2) is 6.17. The van der Waals surface area contributed by atoms with Gasteiger partial charge in [-0.25, -0.2) is 0 Å². The predicted octanol–water partition coefficient (Wildman–Crippen LogP) is 4.69. The molecule has 0 atom stereocenters. The fourth-order valence-corrected chi connectivity index (χ4v) is 3.00. The molecule has 0 amide bonds. The molecule has 0 aromatic heterocycles. The SMILES string of the molecule is NC1(Cc2ccc(C(F)(F)F)cc2)CCCCCCC1. The first-order valence-corrected chi connectivity index (χ1v) is 7.34. The second-order valence-electron chi connectivity index (χ2n) is 6.00. The van der Waals surface area contributed by atoms with Gasteiger partial charge in [0.25, 0.3) is 0 Å². The van der Waals surface area contributed by atoms with E-state index in [4.69, 9.17) is 5.73 Å². The van der Waals surface area contributed by atoms with Crippen LogP contribution in [0.25, 0.3) is 0 Å². The van der Waals surface area contributed by atoms with Crippen molar-refractivity contribution in [1.82, 2.24) is 0 Å². The summed E-state index contributed by atoms with van der Waals surface area (Å²) in [6.07, 6.45) is 4.29. The smallest absolute Gasteiger partial charge is 0.325 e. The summed E-state index contributed by atoms with van der Waals surface area (Å²) in [4.78, 5) is 0. The minimum absolute atomic E-state index is 0.250. The summed E-state index contributed by atoms with van der Waals surface area (Å²) in [5, 5.41) is 0. The van der Waals surface area contributed by atoms with Gasteiger partial charge in [-0.1, -0.05) is 44.2 Å². The van der Waals surface area contributed by atoms with E-state index in [1.807, 2.05) is 0 Å². The highest BCUT2D eigenvalue weighted by Gasteiger charge is 2.30. The standard InChI is InChI=1S/C16H22F3N/c17-16(18,19)14-8-6-13(7-9-14)12-15(20)10-4-2-1-3-5-11-15/h6-9H,1-5,10-12,20H2. The topological polar surface area (TPSA) is 26.0 Å². The molecule has 1 aromatic carbocycles. The van der Waals surface area contributed by atoms with Crippen molar-refractivity contribution < 1.29 is 13.2 Å². The lowest BCUT2D eigenvalue weighted by atomic mass is 9.80. The molecule has 0 aliphatic heterocycles. The maximum atomic E-state index is 12.5. The van der Waals surface area contributed by atoms with Gasteiger partial charge in [0.1, 0.15) is 0 Å². The summed E-state index contributed by atoms with van der Waals surface area (Å²) in [6, 6.07) is 5.44. The van der Waals surface area contributed by atoms with Crippen LogP contribution in [0.1, 0.15) is 56.1 Å². The zero-order chi connectivity index (χ0) is 14.6. The van der Waals surface area contributed by atoms with Gasteiger partial charge in [-0.3, -0.25) is 0 Å². The molecular formula is C16H22F3N. The first-order chi connectivity index (χ1) is 9.39. The Balaban J connectivity index is 2.04. The first kappa shape index (κ1) is 15.4. The van der Waals surface area contributed by atoms with E-state index >= 15 is 0 Å². The van der Waals surface area contributed by atoms with Crippen LogP contribution >= 0.6 is 0 Å². The van der Waals surface area contributed by atoms with E-state index in [2.05, 4.69) is 0 Å². The zero-order valence-electron chi connectivity index (χ0n) is 11.7. The van der Waals surface area contributed by atoms with Crippen molar-refractivity contribution in [2.24, 2.45) is 5.73 Å². The third-order valence-electron chi connectivity index (χ3n) is 4.19. The summed E-state index contributed by atoms with van der Waals surface area (Å²) >= 11 is 0. The zero-order valence-corrected chi connectivity index (χ0v) is 11.7. The molecule has 0 saturated heterocycles. The second-order valence-corrected chi connectivity index (χ2v) is 6.00. The van der Waals surface area contributed by atoms with Gasteiger partial charge in [0.05, 0.1) is 5.56 Å². The Labute approximate surface area is 118 Å². The minimum atomic E-state index is -4.26. The van der Waals surface area contributed by atoms with E-state index in [9.17, 15) is 13.2 Å². The van der Waals surface area contributed by atoms with E-state index in [1.165, 1.54) is 19.3 Å². The maximum absolute atomic E-state index is 12.5. The van der Waals surface area contributed by atoms with Gasteiger partial charge < -0.3 is 5.73 Å². The van der Waals surface area contributed by atoms with Crippen LogP contribution < -0.4 is 5.73 Å². The first-order valence-electron chi connectivity index (χ1n) is 7.34. The largest absolute Gasteiger partial charge is 0.416 e. The minimum Gasteiger partial charge on any atom is -0.325 e.